The van der Waals surface area contributed by atoms with Crippen molar-refractivity contribution in [1.82, 2.24) is 5.32 Å². The maximum atomic E-state index is 12.6. The van der Waals surface area contributed by atoms with Gasteiger partial charge in [-0.25, -0.2) is 0 Å². The van der Waals surface area contributed by atoms with Gasteiger partial charge < -0.3 is 10.6 Å². The fourth-order valence-electron chi connectivity index (χ4n) is 3.30. The van der Waals surface area contributed by atoms with Gasteiger partial charge in [-0.3, -0.25) is 9.59 Å². The normalized spacial score (nSPS) is 16.9. The number of amides is 2. The second-order valence-corrected chi connectivity index (χ2v) is 8.35. The van der Waals surface area contributed by atoms with Crippen molar-refractivity contribution in [3.8, 4) is 0 Å². The Hall–Kier alpha value is -2.27. The van der Waals surface area contributed by atoms with Crippen LogP contribution in [0.4, 0.5) is 5.69 Å². The van der Waals surface area contributed by atoms with Gasteiger partial charge in [0.1, 0.15) is 0 Å². The summed E-state index contributed by atoms with van der Waals surface area (Å²) in [5, 5.41) is 5.75. The van der Waals surface area contributed by atoms with Crippen LogP contribution in [-0.2, 0) is 16.0 Å². The first-order valence-electron chi connectivity index (χ1n) is 9.39. The van der Waals surface area contributed by atoms with Crippen LogP contribution in [0.2, 0.25) is 0 Å². The van der Waals surface area contributed by atoms with Gasteiger partial charge in [0.2, 0.25) is 11.8 Å². The molecule has 2 aromatic carbocycles. The van der Waals surface area contributed by atoms with Gasteiger partial charge in [0, 0.05) is 5.69 Å². The van der Waals surface area contributed by atoms with E-state index in [-0.39, 0.29) is 28.9 Å². The highest BCUT2D eigenvalue weighted by atomic mass is 32.2. The molecule has 2 N–H and O–H groups in total. The third-order valence-corrected chi connectivity index (χ3v) is 6.00. The zero-order valence-electron chi connectivity index (χ0n) is 15.8. The van der Waals surface area contributed by atoms with E-state index in [0.717, 1.165) is 30.5 Å². The molecule has 3 rings (SSSR count). The molecule has 1 aliphatic carbocycles. The molecule has 0 saturated carbocycles. The number of nitrogens with one attached hydrogen (secondary N) is 2. The smallest absolute Gasteiger partial charge is 0.234 e. The molecule has 0 radical (unpaired) electrons. The molecule has 0 fully saturated rings. The molecule has 0 spiro atoms. The quantitative estimate of drug-likeness (QED) is 0.785. The summed E-state index contributed by atoms with van der Waals surface area (Å²) in [4.78, 5) is 24.7. The maximum absolute atomic E-state index is 12.6. The molecule has 0 bridgehead atoms. The fourth-order valence-corrected chi connectivity index (χ4v) is 4.00. The molecule has 5 heteroatoms. The molecule has 2 amide bonds. The van der Waals surface area contributed by atoms with Crippen molar-refractivity contribution in [2.24, 2.45) is 0 Å². The van der Waals surface area contributed by atoms with Crippen LogP contribution in [-0.4, -0.2) is 22.8 Å². The third-order valence-electron chi connectivity index (χ3n) is 4.85. The lowest BCUT2D eigenvalue weighted by molar-refractivity contribution is -0.121. The zero-order chi connectivity index (χ0) is 19.2. The van der Waals surface area contributed by atoms with Crippen LogP contribution in [0.25, 0.3) is 0 Å². The monoisotopic (exact) mass is 382 g/mol. The van der Waals surface area contributed by atoms with Gasteiger partial charge >= 0.3 is 0 Å². The number of anilines is 1. The van der Waals surface area contributed by atoms with E-state index in [2.05, 4.69) is 22.8 Å². The molecule has 0 saturated heterocycles. The molecule has 0 unspecified atom stereocenters. The zero-order valence-corrected chi connectivity index (χ0v) is 16.6. The first kappa shape index (κ1) is 19.5. The van der Waals surface area contributed by atoms with Crippen LogP contribution in [0.3, 0.4) is 0 Å². The SMILES string of the molecule is Cc1ccc(NC(=O)CS[C@@H](C)C(=O)N[C@H]2CCCc3ccccc32)cc1. The summed E-state index contributed by atoms with van der Waals surface area (Å²) in [5.74, 6) is 0.153. The lowest BCUT2D eigenvalue weighted by Crippen LogP contribution is -2.36. The molecule has 0 aliphatic heterocycles. The van der Waals surface area contributed by atoms with Crippen molar-refractivity contribution in [3.05, 3.63) is 65.2 Å². The minimum Gasteiger partial charge on any atom is -0.348 e. The van der Waals surface area contributed by atoms with E-state index >= 15 is 0 Å². The van der Waals surface area contributed by atoms with Crippen molar-refractivity contribution >= 4 is 29.3 Å². The molecule has 0 heterocycles. The number of aryl methyl sites for hydroxylation is 2. The van der Waals surface area contributed by atoms with Gasteiger partial charge in [-0.1, -0.05) is 42.0 Å². The molecular weight excluding hydrogens is 356 g/mol. The molecule has 4 nitrogen and oxygen atoms in total. The van der Waals surface area contributed by atoms with Crippen LogP contribution >= 0.6 is 11.8 Å². The number of rotatable bonds is 6. The number of thioether (sulfide) groups is 1. The number of hydrogen-bond donors (Lipinski definition) is 2. The van der Waals surface area contributed by atoms with E-state index in [9.17, 15) is 9.59 Å². The number of fused-ring (bicyclic) bond motifs is 1. The van der Waals surface area contributed by atoms with E-state index in [1.54, 1.807) is 0 Å². The van der Waals surface area contributed by atoms with Gasteiger partial charge in [-0.15, -0.1) is 11.8 Å². The minimum absolute atomic E-state index is 0.00941. The second kappa shape index (κ2) is 9.09. The van der Waals surface area contributed by atoms with E-state index in [4.69, 9.17) is 0 Å². The predicted octanol–water partition coefficient (Wildman–Crippen LogP) is 4.25. The maximum Gasteiger partial charge on any atom is 0.234 e. The number of benzene rings is 2. The van der Waals surface area contributed by atoms with Crippen LogP contribution in [0.1, 0.15) is 42.5 Å². The fraction of sp³-hybridized carbons (Fsp3) is 0.364. The number of carbonyl (C=O) groups is 2. The lowest BCUT2D eigenvalue weighted by atomic mass is 9.88. The van der Waals surface area contributed by atoms with Crippen LogP contribution in [0, 0.1) is 6.92 Å². The minimum atomic E-state index is -0.275. The Bertz CT molecular complexity index is 804. The van der Waals surface area contributed by atoms with E-state index in [1.165, 1.54) is 22.9 Å². The van der Waals surface area contributed by atoms with Crippen LogP contribution in [0.15, 0.2) is 48.5 Å². The summed E-state index contributed by atoms with van der Waals surface area (Å²) < 4.78 is 0. The standard InChI is InChI=1S/C22H26N2O2S/c1-15-10-12-18(13-11-15)23-21(25)14-27-16(2)22(26)24-20-9-5-7-17-6-3-4-8-19(17)20/h3-4,6,8,10-13,16,20H,5,7,9,14H2,1-2H3,(H,23,25)(H,24,26)/t16-,20-/m0/s1. The highest BCUT2D eigenvalue weighted by Crippen LogP contribution is 2.29. The molecular formula is C22H26N2O2S. The number of carbonyl (C=O) groups excluding carboxylic acids is 2. The largest absolute Gasteiger partial charge is 0.348 e. The van der Waals surface area contributed by atoms with Crippen LogP contribution in [0.5, 0.6) is 0 Å². The molecule has 27 heavy (non-hydrogen) atoms. The molecule has 0 aromatic heterocycles. The average molecular weight is 383 g/mol. The molecule has 1 aliphatic rings. The molecule has 142 valence electrons. The van der Waals surface area contributed by atoms with Gasteiger partial charge in [0.25, 0.3) is 0 Å². The molecule has 2 atom stereocenters. The Kier molecular flexibility index (Phi) is 6.56. The molecule has 2 aromatic rings. The summed E-state index contributed by atoms with van der Waals surface area (Å²) in [7, 11) is 0. The van der Waals surface area contributed by atoms with Crippen molar-refractivity contribution in [3.63, 3.8) is 0 Å². The summed E-state index contributed by atoms with van der Waals surface area (Å²) in [6, 6.07) is 16.1. The van der Waals surface area contributed by atoms with Crippen molar-refractivity contribution < 1.29 is 9.59 Å². The Morgan fingerprint density at radius 1 is 1.15 bits per heavy atom. The topological polar surface area (TPSA) is 58.2 Å². The van der Waals surface area contributed by atoms with E-state index < -0.39 is 0 Å². The Balaban J connectivity index is 1.48. The van der Waals surface area contributed by atoms with Gasteiger partial charge in [-0.05, 0) is 56.4 Å². The number of hydrogen-bond acceptors (Lipinski definition) is 3. The second-order valence-electron chi connectivity index (χ2n) is 7.02. The van der Waals surface area contributed by atoms with Crippen molar-refractivity contribution in [1.29, 1.82) is 0 Å². The third kappa shape index (κ3) is 5.36. The Morgan fingerprint density at radius 3 is 2.67 bits per heavy atom. The van der Waals surface area contributed by atoms with Crippen molar-refractivity contribution in [2.45, 2.75) is 44.4 Å². The van der Waals surface area contributed by atoms with Crippen molar-refractivity contribution in [2.75, 3.05) is 11.1 Å². The highest BCUT2D eigenvalue weighted by Gasteiger charge is 2.24. The van der Waals surface area contributed by atoms with Gasteiger partial charge in [0.15, 0.2) is 0 Å². The van der Waals surface area contributed by atoms with Crippen LogP contribution < -0.4 is 10.6 Å². The first-order chi connectivity index (χ1) is 13.0. The summed E-state index contributed by atoms with van der Waals surface area (Å²) in [5.41, 5.74) is 4.48. The average Bonchev–Trinajstić information content (AvgIpc) is 2.68. The van der Waals surface area contributed by atoms with Gasteiger partial charge in [-0.2, -0.15) is 0 Å². The first-order valence-corrected chi connectivity index (χ1v) is 10.4. The van der Waals surface area contributed by atoms with E-state index in [1.807, 2.05) is 50.2 Å². The summed E-state index contributed by atoms with van der Waals surface area (Å²) in [6.45, 7) is 3.86. The highest BCUT2D eigenvalue weighted by molar-refractivity contribution is 8.01. The van der Waals surface area contributed by atoms with Gasteiger partial charge in [0.05, 0.1) is 17.0 Å². The summed E-state index contributed by atoms with van der Waals surface area (Å²) in [6.07, 6.45) is 3.13. The van der Waals surface area contributed by atoms with E-state index in [0.29, 0.717) is 0 Å². The predicted molar refractivity (Wildman–Crippen MR) is 112 cm³/mol. The lowest BCUT2D eigenvalue weighted by Gasteiger charge is -2.27. The Labute approximate surface area is 165 Å². The summed E-state index contributed by atoms with van der Waals surface area (Å²) >= 11 is 1.36. The Morgan fingerprint density at radius 2 is 1.89 bits per heavy atom.